The highest BCUT2D eigenvalue weighted by Gasteiger charge is 2.40. The van der Waals surface area contributed by atoms with E-state index in [1.807, 2.05) is 0 Å². The van der Waals surface area contributed by atoms with Gasteiger partial charge in [0.25, 0.3) is 0 Å². The normalized spacial score (nSPS) is 14.7. The number of aliphatic hydroxyl groups is 1. The second-order valence-corrected chi connectivity index (χ2v) is 7.04. The zero-order chi connectivity index (χ0) is 13.4. The maximum Gasteiger partial charge on any atom is 0.155 e. The minimum atomic E-state index is -3.62. The Bertz CT molecular complexity index is 524. The minimum absolute atomic E-state index is 0.361. The van der Waals surface area contributed by atoms with Crippen molar-refractivity contribution in [2.45, 2.75) is 24.7 Å². The molecule has 0 radical (unpaired) electrons. The van der Waals surface area contributed by atoms with Crippen molar-refractivity contribution in [1.29, 1.82) is 0 Å². The molecule has 1 aromatic rings. The summed E-state index contributed by atoms with van der Waals surface area (Å²) in [6.45, 7) is 2.52. The van der Waals surface area contributed by atoms with Crippen LogP contribution in [0.5, 0.6) is 0 Å². The Hall–Kier alpha value is -1.01. The third-order valence-corrected chi connectivity index (χ3v) is 5.00. The van der Waals surface area contributed by atoms with E-state index in [0.29, 0.717) is 0 Å². The van der Waals surface area contributed by atoms with Gasteiger partial charge in [-0.1, -0.05) is 0 Å². The first-order valence-corrected chi connectivity index (χ1v) is 6.79. The summed E-state index contributed by atoms with van der Waals surface area (Å²) in [5, 5.41) is 9.90. The fourth-order valence-electron chi connectivity index (χ4n) is 1.30. The van der Waals surface area contributed by atoms with Crippen molar-refractivity contribution in [3.05, 3.63) is 35.4 Å². The lowest BCUT2D eigenvalue weighted by molar-refractivity contribution is 0.135. The van der Waals surface area contributed by atoms with Crippen LogP contribution >= 0.6 is 0 Å². The third-order valence-electron chi connectivity index (χ3n) is 2.87. The molecule has 0 spiro atoms. The molecule has 0 aliphatic heterocycles. The molecule has 1 rings (SSSR count). The summed E-state index contributed by atoms with van der Waals surface area (Å²) >= 11 is 0. The lowest BCUT2D eigenvalue weighted by Gasteiger charge is -2.29. The van der Waals surface area contributed by atoms with Crippen LogP contribution in [0.3, 0.4) is 0 Å². The van der Waals surface area contributed by atoms with Crippen molar-refractivity contribution in [2.24, 2.45) is 0 Å². The first-order chi connectivity index (χ1) is 7.57. The Kier molecular flexibility index (Phi) is 3.59. The number of sulfone groups is 1. The van der Waals surface area contributed by atoms with Crippen LogP contribution in [0.1, 0.15) is 25.5 Å². The van der Waals surface area contributed by atoms with E-state index < -0.39 is 32.3 Å². The molecule has 0 aromatic heterocycles. The van der Waals surface area contributed by atoms with Gasteiger partial charge in [-0.25, -0.2) is 17.2 Å². The average molecular weight is 264 g/mol. The van der Waals surface area contributed by atoms with Crippen molar-refractivity contribution >= 4 is 9.84 Å². The van der Waals surface area contributed by atoms with Crippen LogP contribution in [-0.2, 0) is 9.84 Å². The monoisotopic (exact) mass is 264 g/mol. The molecular weight excluding hydrogens is 250 g/mol. The number of halogens is 2. The number of aliphatic hydroxyl groups excluding tert-OH is 1. The summed E-state index contributed by atoms with van der Waals surface area (Å²) in [7, 11) is -3.62. The molecule has 1 atom stereocenters. The second-order valence-electron chi connectivity index (χ2n) is 4.44. The molecule has 0 amide bonds. The summed E-state index contributed by atoms with van der Waals surface area (Å²) in [4.78, 5) is 0. The molecule has 1 unspecified atom stereocenters. The Morgan fingerprint density at radius 2 is 1.82 bits per heavy atom. The molecule has 0 aliphatic rings. The summed E-state index contributed by atoms with van der Waals surface area (Å²) in [6, 6.07) is 2.55. The maximum absolute atomic E-state index is 13.4. The van der Waals surface area contributed by atoms with E-state index in [0.717, 1.165) is 24.5 Å². The van der Waals surface area contributed by atoms with Gasteiger partial charge in [0.2, 0.25) is 0 Å². The Morgan fingerprint density at radius 1 is 1.29 bits per heavy atom. The number of hydrogen-bond acceptors (Lipinski definition) is 3. The molecule has 0 aliphatic carbocycles. The van der Waals surface area contributed by atoms with Crippen molar-refractivity contribution in [3.8, 4) is 0 Å². The quantitative estimate of drug-likeness (QED) is 0.906. The molecular formula is C11H14F2O3S. The molecule has 0 saturated carbocycles. The molecule has 1 aromatic carbocycles. The van der Waals surface area contributed by atoms with Crippen LogP contribution in [-0.4, -0.2) is 24.5 Å². The third kappa shape index (κ3) is 2.63. The predicted octanol–water partition coefficient (Wildman–Crippen LogP) is 1.82. The van der Waals surface area contributed by atoms with Gasteiger partial charge in [-0.15, -0.1) is 0 Å². The fraction of sp³-hybridized carbons (Fsp3) is 0.455. The highest BCUT2D eigenvalue weighted by Crippen LogP contribution is 2.33. The van der Waals surface area contributed by atoms with Crippen LogP contribution in [0.15, 0.2) is 18.2 Å². The molecule has 0 heterocycles. The van der Waals surface area contributed by atoms with Gasteiger partial charge in [-0.3, -0.25) is 0 Å². The highest BCUT2D eigenvalue weighted by molar-refractivity contribution is 7.92. The van der Waals surface area contributed by atoms with E-state index >= 15 is 0 Å². The summed E-state index contributed by atoms with van der Waals surface area (Å²) in [6.07, 6.45) is -0.693. The van der Waals surface area contributed by atoms with E-state index in [1.165, 1.54) is 13.8 Å². The van der Waals surface area contributed by atoms with Crippen molar-refractivity contribution in [2.75, 3.05) is 6.26 Å². The molecule has 1 N–H and O–H groups in total. The van der Waals surface area contributed by atoms with Crippen LogP contribution in [0.25, 0.3) is 0 Å². The molecule has 0 fully saturated rings. The molecule has 0 bridgehead atoms. The van der Waals surface area contributed by atoms with E-state index in [2.05, 4.69) is 0 Å². The van der Waals surface area contributed by atoms with Gasteiger partial charge in [-0.2, -0.15) is 0 Å². The topological polar surface area (TPSA) is 54.4 Å². The Morgan fingerprint density at radius 3 is 2.29 bits per heavy atom. The van der Waals surface area contributed by atoms with Crippen LogP contribution < -0.4 is 0 Å². The van der Waals surface area contributed by atoms with Crippen LogP contribution in [0.4, 0.5) is 8.78 Å². The molecule has 0 saturated heterocycles. The smallest absolute Gasteiger partial charge is 0.155 e. The van der Waals surface area contributed by atoms with E-state index in [-0.39, 0.29) is 5.56 Å². The molecule has 3 nitrogen and oxygen atoms in total. The van der Waals surface area contributed by atoms with Gasteiger partial charge in [0, 0.05) is 11.8 Å². The van der Waals surface area contributed by atoms with Gasteiger partial charge < -0.3 is 5.11 Å². The highest BCUT2D eigenvalue weighted by atomic mass is 32.2. The Balaban J connectivity index is 3.30. The second kappa shape index (κ2) is 4.34. The molecule has 6 heteroatoms. The molecule has 17 heavy (non-hydrogen) atoms. The van der Waals surface area contributed by atoms with Gasteiger partial charge >= 0.3 is 0 Å². The van der Waals surface area contributed by atoms with Crippen molar-refractivity contribution < 1.29 is 22.3 Å². The number of benzene rings is 1. The van der Waals surface area contributed by atoms with Gasteiger partial charge in [0.05, 0.1) is 4.75 Å². The zero-order valence-corrected chi connectivity index (χ0v) is 10.6. The summed E-state index contributed by atoms with van der Waals surface area (Å²) in [5.74, 6) is -1.57. The van der Waals surface area contributed by atoms with Gasteiger partial charge in [-0.05, 0) is 32.0 Å². The first kappa shape index (κ1) is 14.1. The largest absolute Gasteiger partial charge is 0.387 e. The Labute approximate surface area is 99.0 Å². The number of hydrogen-bond donors (Lipinski definition) is 1. The fourth-order valence-corrected chi connectivity index (χ4v) is 1.83. The van der Waals surface area contributed by atoms with Gasteiger partial charge in [0.15, 0.2) is 9.84 Å². The number of rotatable bonds is 3. The van der Waals surface area contributed by atoms with E-state index in [9.17, 15) is 22.3 Å². The maximum atomic E-state index is 13.4. The van der Waals surface area contributed by atoms with Gasteiger partial charge in [0.1, 0.15) is 17.7 Å². The first-order valence-electron chi connectivity index (χ1n) is 4.90. The predicted molar refractivity (Wildman–Crippen MR) is 60.2 cm³/mol. The van der Waals surface area contributed by atoms with Crippen molar-refractivity contribution in [3.63, 3.8) is 0 Å². The lowest BCUT2D eigenvalue weighted by Crippen LogP contribution is -2.38. The summed E-state index contributed by atoms with van der Waals surface area (Å²) in [5.41, 5.74) is -0.361. The zero-order valence-electron chi connectivity index (χ0n) is 9.74. The lowest BCUT2D eigenvalue weighted by atomic mass is 9.97. The van der Waals surface area contributed by atoms with Crippen molar-refractivity contribution in [1.82, 2.24) is 0 Å². The van der Waals surface area contributed by atoms with E-state index in [1.54, 1.807) is 0 Å². The standard InChI is InChI=1S/C11H14F2O3S/c1-11(2,17(3,15)16)10(14)8-6-7(12)4-5-9(8)13/h4-6,10,14H,1-3H3. The molecule has 96 valence electrons. The SMILES string of the molecule is CC(C)(C(O)c1cc(F)ccc1F)S(C)(=O)=O. The average Bonchev–Trinajstić information content (AvgIpc) is 2.19. The summed E-state index contributed by atoms with van der Waals surface area (Å²) < 4.78 is 47.8. The van der Waals surface area contributed by atoms with Crippen LogP contribution in [0, 0.1) is 11.6 Å². The van der Waals surface area contributed by atoms with Crippen LogP contribution in [0.2, 0.25) is 0 Å². The minimum Gasteiger partial charge on any atom is -0.387 e. The van der Waals surface area contributed by atoms with E-state index in [4.69, 9.17) is 0 Å².